The van der Waals surface area contributed by atoms with Gasteiger partial charge in [-0.2, -0.15) is 0 Å². The van der Waals surface area contributed by atoms with Crippen molar-refractivity contribution in [3.05, 3.63) is 11.8 Å². The van der Waals surface area contributed by atoms with E-state index in [2.05, 4.69) is 26.2 Å². The molecule has 28 heavy (non-hydrogen) atoms. The molecule has 6 atom stereocenters. The third-order valence-corrected chi connectivity index (χ3v) is 5.53. The first kappa shape index (κ1) is 19.1. The second kappa shape index (κ2) is 8.03. The normalized spacial score (nSPS) is 37.4. The number of amidine groups is 1. The quantitative estimate of drug-likeness (QED) is 0.280. The van der Waals surface area contributed by atoms with Crippen LogP contribution in [0.15, 0.2) is 21.8 Å². The lowest BCUT2D eigenvalue weighted by Gasteiger charge is -2.34. The summed E-state index contributed by atoms with van der Waals surface area (Å²) in [5.74, 6) is 0.529. The Morgan fingerprint density at radius 3 is 2.79 bits per heavy atom. The van der Waals surface area contributed by atoms with E-state index in [-0.39, 0.29) is 5.84 Å². The highest BCUT2D eigenvalue weighted by Crippen LogP contribution is 2.29. The van der Waals surface area contributed by atoms with E-state index < -0.39 is 43.4 Å². The molecule has 0 aromatic rings. The van der Waals surface area contributed by atoms with Crippen molar-refractivity contribution in [3.63, 3.8) is 0 Å². The molecular weight excluding hydrogens is 366 g/mol. The molecule has 1 aliphatic carbocycles. The number of hydrogen-bond donors (Lipinski definition) is 7. The molecule has 4 unspecified atom stereocenters. The molecule has 0 amide bonds. The van der Waals surface area contributed by atoms with E-state index in [4.69, 9.17) is 10.1 Å². The summed E-state index contributed by atoms with van der Waals surface area (Å²) in [5, 5.41) is 40.6. The molecule has 3 heterocycles. The van der Waals surface area contributed by atoms with Crippen molar-refractivity contribution in [2.24, 2.45) is 9.98 Å². The summed E-state index contributed by atoms with van der Waals surface area (Å²) >= 11 is 0. The molecule has 7 N–H and O–H groups in total. The minimum atomic E-state index is -1.22. The van der Waals surface area contributed by atoms with Crippen LogP contribution in [0.5, 0.6) is 0 Å². The van der Waals surface area contributed by atoms with Gasteiger partial charge in [-0.3, -0.25) is 15.8 Å². The monoisotopic (exact) mass is 393 g/mol. The van der Waals surface area contributed by atoms with Crippen LogP contribution in [0.2, 0.25) is 0 Å². The van der Waals surface area contributed by atoms with Crippen molar-refractivity contribution in [2.75, 3.05) is 6.61 Å². The van der Waals surface area contributed by atoms with Crippen molar-refractivity contribution in [2.45, 2.75) is 68.9 Å². The van der Waals surface area contributed by atoms with E-state index in [0.29, 0.717) is 5.96 Å². The Bertz CT molecular complexity index is 689. The summed E-state index contributed by atoms with van der Waals surface area (Å²) in [7, 11) is 0. The zero-order chi connectivity index (χ0) is 19.7. The third kappa shape index (κ3) is 3.58. The molecule has 1 saturated carbocycles. The summed E-state index contributed by atoms with van der Waals surface area (Å²) in [6.07, 6.45) is 4.48. The van der Waals surface area contributed by atoms with E-state index in [1.165, 1.54) is 31.2 Å². The molecular formula is C17H27N7O4. The molecule has 0 bridgehead atoms. The second-order valence-electron chi connectivity index (χ2n) is 7.45. The lowest BCUT2D eigenvalue weighted by molar-refractivity contribution is -0.0780. The van der Waals surface area contributed by atoms with Crippen LogP contribution >= 0.6 is 0 Å². The summed E-state index contributed by atoms with van der Waals surface area (Å²) in [6.45, 7) is -0.403. The van der Waals surface area contributed by atoms with Crippen LogP contribution in [0, 0.1) is 5.41 Å². The van der Waals surface area contributed by atoms with Gasteiger partial charge >= 0.3 is 0 Å². The highest BCUT2D eigenvalue weighted by atomic mass is 16.6. The van der Waals surface area contributed by atoms with Gasteiger partial charge < -0.3 is 35.7 Å². The van der Waals surface area contributed by atoms with Gasteiger partial charge in [0.1, 0.15) is 30.2 Å². The van der Waals surface area contributed by atoms with Crippen molar-refractivity contribution < 1.29 is 20.1 Å². The molecule has 0 aromatic heterocycles. The highest BCUT2D eigenvalue weighted by molar-refractivity contribution is 6.04. The number of aliphatic hydroxyl groups is 3. The number of hydrogen-bond acceptors (Lipinski definition) is 10. The van der Waals surface area contributed by atoms with Crippen LogP contribution in [0.25, 0.3) is 0 Å². The van der Waals surface area contributed by atoms with E-state index in [9.17, 15) is 15.3 Å². The van der Waals surface area contributed by atoms with Crippen LogP contribution in [-0.2, 0) is 4.74 Å². The number of rotatable bonds is 4. The first-order chi connectivity index (χ1) is 13.6. The standard InChI is InChI=1S/C17H27N7O4/c18-14-11-15(22-17(21-14)23-20-6-9-4-2-1-3-5-9)24(8-19-11)16-13(27)12(26)10(7-25)28-16/h6,8,10-13,15-16,20,25-27H,1-5,7H2,(H3,18,21,22,23)/t10?,11?,12-,13-,15?,16?/m1/s1. The summed E-state index contributed by atoms with van der Waals surface area (Å²) in [4.78, 5) is 10.4. The lowest BCUT2D eigenvalue weighted by atomic mass is 9.96. The Labute approximate surface area is 162 Å². The van der Waals surface area contributed by atoms with Gasteiger partial charge in [-0.05, 0) is 25.7 Å². The average Bonchev–Trinajstić information content (AvgIpc) is 3.24. The number of ether oxygens (including phenoxy) is 1. The predicted molar refractivity (Wildman–Crippen MR) is 101 cm³/mol. The van der Waals surface area contributed by atoms with Crippen LogP contribution in [-0.4, -0.2) is 81.7 Å². The lowest BCUT2D eigenvalue weighted by Crippen LogP contribution is -2.58. The maximum Gasteiger partial charge on any atom is 0.218 e. The Morgan fingerprint density at radius 2 is 2.07 bits per heavy atom. The first-order valence-corrected chi connectivity index (χ1v) is 9.64. The molecule has 154 valence electrons. The Balaban J connectivity index is 1.44. The van der Waals surface area contributed by atoms with Gasteiger partial charge in [0.25, 0.3) is 0 Å². The molecule has 1 saturated heterocycles. The van der Waals surface area contributed by atoms with Crippen LogP contribution < -0.4 is 16.2 Å². The maximum atomic E-state index is 10.3. The number of guanidine groups is 1. The Hall–Kier alpha value is -2.21. The first-order valence-electron chi connectivity index (χ1n) is 9.64. The van der Waals surface area contributed by atoms with Crippen LogP contribution in [0.4, 0.5) is 0 Å². The SMILES string of the molecule is N=C1NC(NNC=C2CCCCC2)=NC2C1N=CN2C1OC(CO)[C@@H](O)[C@H]1O. The predicted octanol–water partition coefficient (Wildman–Crippen LogP) is -1.66. The van der Waals surface area contributed by atoms with Gasteiger partial charge in [-0.15, -0.1) is 0 Å². The van der Waals surface area contributed by atoms with Crippen LogP contribution in [0.3, 0.4) is 0 Å². The minimum absolute atomic E-state index is 0.167. The second-order valence-corrected chi connectivity index (χ2v) is 7.45. The van der Waals surface area contributed by atoms with E-state index in [1.807, 2.05) is 6.20 Å². The van der Waals surface area contributed by atoms with Gasteiger partial charge in [0.15, 0.2) is 12.4 Å². The van der Waals surface area contributed by atoms with Gasteiger partial charge in [-0.1, -0.05) is 12.0 Å². The van der Waals surface area contributed by atoms with Crippen molar-refractivity contribution in [1.82, 2.24) is 21.1 Å². The number of aliphatic imine (C=N–C) groups is 2. The number of aliphatic hydroxyl groups excluding tert-OH is 3. The molecule has 11 nitrogen and oxygen atoms in total. The van der Waals surface area contributed by atoms with Crippen LogP contribution in [0.1, 0.15) is 32.1 Å². The average molecular weight is 393 g/mol. The number of nitrogens with one attached hydrogen (secondary N) is 4. The largest absolute Gasteiger partial charge is 0.394 e. The van der Waals surface area contributed by atoms with E-state index in [0.717, 1.165) is 12.8 Å². The van der Waals surface area contributed by atoms with E-state index in [1.54, 1.807) is 4.90 Å². The zero-order valence-electron chi connectivity index (χ0n) is 15.5. The summed E-state index contributed by atoms with van der Waals surface area (Å²) < 4.78 is 5.58. The fourth-order valence-electron chi connectivity index (χ4n) is 3.95. The molecule has 0 aromatic carbocycles. The van der Waals surface area contributed by atoms with Crippen molar-refractivity contribution in [3.8, 4) is 0 Å². The van der Waals surface area contributed by atoms with Gasteiger partial charge in [-0.25, -0.2) is 4.99 Å². The Morgan fingerprint density at radius 1 is 1.29 bits per heavy atom. The highest BCUT2D eigenvalue weighted by Gasteiger charge is 2.50. The third-order valence-electron chi connectivity index (χ3n) is 5.53. The topological polar surface area (TPSA) is 158 Å². The molecule has 3 aliphatic heterocycles. The summed E-state index contributed by atoms with van der Waals surface area (Å²) in [5.41, 5.74) is 7.33. The van der Waals surface area contributed by atoms with Crippen molar-refractivity contribution >= 4 is 18.1 Å². The smallest absolute Gasteiger partial charge is 0.218 e. The molecule has 4 rings (SSSR count). The number of allylic oxidation sites excluding steroid dienone is 1. The minimum Gasteiger partial charge on any atom is -0.394 e. The zero-order valence-corrected chi connectivity index (χ0v) is 15.5. The van der Waals surface area contributed by atoms with Gasteiger partial charge in [0.05, 0.1) is 12.9 Å². The Kier molecular flexibility index (Phi) is 5.49. The van der Waals surface area contributed by atoms with Crippen molar-refractivity contribution in [1.29, 1.82) is 5.41 Å². The maximum absolute atomic E-state index is 10.3. The van der Waals surface area contributed by atoms with Gasteiger partial charge in [0, 0.05) is 6.20 Å². The number of fused-ring (bicyclic) bond motifs is 1. The molecule has 11 heteroatoms. The fraction of sp³-hybridized carbons (Fsp3) is 0.706. The number of nitrogens with zero attached hydrogens (tertiary/aromatic N) is 3. The number of hydrazine groups is 1. The summed E-state index contributed by atoms with van der Waals surface area (Å²) in [6, 6.07) is -0.552. The molecule has 0 spiro atoms. The molecule has 2 fully saturated rings. The van der Waals surface area contributed by atoms with Gasteiger partial charge in [0.2, 0.25) is 5.96 Å². The fourth-order valence-corrected chi connectivity index (χ4v) is 3.95. The van der Waals surface area contributed by atoms with E-state index >= 15 is 0 Å². The molecule has 4 aliphatic rings. The molecule has 0 radical (unpaired) electrons.